The molecule has 144 valence electrons. The van der Waals surface area contributed by atoms with Gasteiger partial charge in [-0.3, -0.25) is 14.5 Å². The molecule has 4 heteroatoms. The fourth-order valence-electron chi connectivity index (χ4n) is 3.67. The predicted octanol–water partition coefficient (Wildman–Crippen LogP) is 6.21. The molecule has 0 amide bonds. The number of rotatable bonds is 4. The molecule has 0 N–H and O–H groups in total. The summed E-state index contributed by atoms with van der Waals surface area (Å²) >= 11 is 0. The van der Waals surface area contributed by atoms with Crippen LogP contribution >= 0.6 is 0 Å². The van der Waals surface area contributed by atoms with Crippen LogP contribution in [0.1, 0.15) is 26.3 Å². The maximum atomic E-state index is 12.6. The van der Waals surface area contributed by atoms with E-state index in [1.54, 1.807) is 36.6 Å². The number of carbonyl (C=O) groups excluding carboxylic acids is 2. The molecule has 1 aliphatic carbocycles. The summed E-state index contributed by atoms with van der Waals surface area (Å²) in [5, 5.41) is 0. The predicted molar refractivity (Wildman–Crippen MR) is 116 cm³/mol. The largest absolute Gasteiger partial charge is 0.448 e. The Morgan fingerprint density at radius 1 is 0.633 bits per heavy atom. The standard InChI is InChI=1S/C26H17NO3/c28-25-21-9-4-5-10-22(21)26(29)23(25)17-18-12-14-20(15-13-18)27(24-11-6-16-30-24)19-7-2-1-3-8-19/h1-17H. The number of nitrogens with zero attached hydrogens (tertiary/aromatic N) is 1. The Balaban J connectivity index is 1.49. The van der Waals surface area contributed by atoms with Crippen LogP contribution in [0, 0.1) is 0 Å². The molecule has 0 saturated carbocycles. The van der Waals surface area contributed by atoms with Crippen LogP contribution in [-0.2, 0) is 0 Å². The number of hydrogen-bond donors (Lipinski definition) is 0. The maximum Gasteiger partial charge on any atom is 0.204 e. The van der Waals surface area contributed by atoms with Gasteiger partial charge in [0.2, 0.25) is 5.88 Å². The first kappa shape index (κ1) is 17.9. The second kappa shape index (κ2) is 7.33. The SMILES string of the molecule is O=C1C(=Cc2ccc(N(c3ccccc3)c3ccco3)cc2)C(=O)c2ccccc21. The van der Waals surface area contributed by atoms with Crippen LogP contribution in [0.25, 0.3) is 6.08 Å². The second-order valence-corrected chi connectivity index (χ2v) is 6.98. The molecule has 0 fully saturated rings. The minimum Gasteiger partial charge on any atom is -0.448 e. The fraction of sp³-hybridized carbons (Fsp3) is 0. The third-order valence-electron chi connectivity index (χ3n) is 5.11. The highest BCUT2D eigenvalue weighted by atomic mass is 16.3. The highest BCUT2D eigenvalue weighted by Crippen LogP contribution is 2.35. The van der Waals surface area contributed by atoms with Crippen LogP contribution in [0.3, 0.4) is 0 Å². The summed E-state index contributed by atoms with van der Waals surface area (Å²) in [5.41, 5.74) is 3.81. The van der Waals surface area contributed by atoms with Crippen molar-refractivity contribution in [3.05, 3.63) is 120 Å². The van der Waals surface area contributed by atoms with E-state index in [4.69, 9.17) is 4.42 Å². The number of ketones is 2. The van der Waals surface area contributed by atoms with Crippen molar-refractivity contribution in [3.8, 4) is 0 Å². The monoisotopic (exact) mass is 391 g/mol. The molecule has 1 heterocycles. The number of para-hydroxylation sites is 1. The van der Waals surface area contributed by atoms with Crippen molar-refractivity contribution >= 4 is 34.9 Å². The molecule has 0 radical (unpaired) electrons. The summed E-state index contributed by atoms with van der Waals surface area (Å²) < 4.78 is 5.63. The first-order chi connectivity index (χ1) is 14.7. The van der Waals surface area contributed by atoms with Gasteiger partial charge in [0.1, 0.15) is 0 Å². The lowest BCUT2D eigenvalue weighted by molar-refractivity contribution is 0.0990. The number of hydrogen-bond acceptors (Lipinski definition) is 4. The van der Waals surface area contributed by atoms with Gasteiger partial charge in [0.25, 0.3) is 0 Å². The Hall–Kier alpha value is -4.18. The number of furan rings is 1. The number of Topliss-reactive ketones (excluding diaryl/α,β-unsaturated/α-hetero) is 2. The van der Waals surface area contributed by atoms with Gasteiger partial charge in [-0.2, -0.15) is 0 Å². The molecule has 5 rings (SSSR count). The van der Waals surface area contributed by atoms with Crippen LogP contribution in [0.5, 0.6) is 0 Å². The van der Waals surface area contributed by atoms with Crippen molar-refractivity contribution in [1.29, 1.82) is 0 Å². The molecular weight excluding hydrogens is 374 g/mol. The van der Waals surface area contributed by atoms with E-state index in [9.17, 15) is 9.59 Å². The summed E-state index contributed by atoms with van der Waals surface area (Å²) in [6.45, 7) is 0. The molecule has 1 aliphatic rings. The molecule has 30 heavy (non-hydrogen) atoms. The first-order valence-corrected chi connectivity index (χ1v) is 9.61. The zero-order valence-corrected chi connectivity index (χ0v) is 16.0. The van der Waals surface area contributed by atoms with E-state index in [1.807, 2.05) is 71.6 Å². The maximum absolute atomic E-state index is 12.6. The molecular formula is C26H17NO3. The Labute approximate surface area is 173 Å². The fourth-order valence-corrected chi connectivity index (χ4v) is 3.67. The summed E-state index contributed by atoms with van der Waals surface area (Å²) in [5.74, 6) is 0.256. The van der Waals surface area contributed by atoms with E-state index in [-0.39, 0.29) is 17.1 Å². The van der Waals surface area contributed by atoms with Crippen LogP contribution in [0.15, 0.2) is 107 Å². The lowest BCUT2D eigenvalue weighted by Crippen LogP contribution is -2.08. The minimum absolute atomic E-state index is 0.204. The molecule has 0 saturated heterocycles. The average molecular weight is 391 g/mol. The van der Waals surface area contributed by atoms with Crippen LogP contribution in [0.2, 0.25) is 0 Å². The zero-order chi connectivity index (χ0) is 20.5. The van der Waals surface area contributed by atoms with E-state index in [0.29, 0.717) is 17.0 Å². The van der Waals surface area contributed by atoms with E-state index >= 15 is 0 Å². The molecule has 1 aromatic heterocycles. The zero-order valence-electron chi connectivity index (χ0n) is 16.0. The van der Waals surface area contributed by atoms with Crippen molar-refractivity contribution in [2.24, 2.45) is 0 Å². The van der Waals surface area contributed by atoms with Gasteiger partial charge in [-0.05, 0) is 42.0 Å². The molecule has 0 aliphatic heterocycles. The molecule has 4 aromatic rings. The molecule has 0 spiro atoms. The van der Waals surface area contributed by atoms with E-state index < -0.39 is 0 Å². The Morgan fingerprint density at radius 2 is 1.23 bits per heavy atom. The minimum atomic E-state index is -0.221. The van der Waals surface area contributed by atoms with Gasteiger partial charge >= 0.3 is 0 Å². The number of carbonyl (C=O) groups is 2. The van der Waals surface area contributed by atoms with Gasteiger partial charge < -0.3 is 4.42 Å². The third kappa shape index (κ3) is 3.05. The van der Waals surface area contributed by atoms with Crippen LogP contribution in [0.4, 0.5) is 17.3 Å². The molecule has 0 bridgehead atoms. The highest BCUT2D eigenvalue weighted by Gasteiger charge is 2.32. The lowest BCUT2D eigenvalue weighted by atomic mass is 10.1. The van der Waals surface area contributed by atoms with Gasteiger partial charge in [0, 0.05) is 28.6 Å². The van der Waals surface area contributed by atoms with Gasteiger partial charge in [-0.15, -0.1) is 0 Å². The average Bonchev–Trinajstić information content (AvgIpc) is 3.40. The van der Waals surface area contributed by atoms with Crippen molar-refractivity contribution in [2.75, 3.05) is 4.90 Å². The number of allylic oxidation sites excluding steroid dienone is 1. The Morgan fingerprint density at radius 3 is 1.83 bits per heavy atom. The summed E-state index contributed by atoms with van der Waals surface area (Å²) in [4.78, 5) is 27.2. The van der Waals surface area contributed by atoms with Gasteiger partial charge in [-0.1, -0.05) is 54.6 Å². The van der Waals surface area contributed by atoms with Crippen LogP contribution < -0.4 is 4.90 Å². The number of fused-ring (bicyclic) bond motifs is 1. The van der Waals surface area contributed by atoms with Gasteiger partial charge in [-0.25, -0.2) is 0 Å². The van der Waals surface area contributed by atoms with E-state index in [1.165, 1.54) is 0 Å². The number of benzene rings is 3. The first-order valence-electron chi connectivity index (χ1n) is 9.61. The summed E-state index contributed by atoms with van der Waals surface area (Å²) in [7, 11) is 0. The van der Waals surface area contributed by atoms with E-state index in [2.05, 4.69) is 0 Å². The number of anilines is 3. The Bertz CT molecular complexity index is 1220. The topological polar surface area (TPSA) is 50.5 Å². The Kier molecular flexibility index (Phi) is 4.37. The van der Waals surface area contributed by atoms with E-state index in [0.717, 1.165) is 16.9 Å². The normalized spacial score (nSPS) is 12.7. The summed E-state index contributed by atoms with van der Waals surface area (Å²) in [6.07, 6.45) is 3.30. The van der Waals surface area contributed by atoms with Gasteiger partial charge in [0.15, 0.2) is 11.6 Å². The van der Waals surface area contributed by atoms with Crippen molar-refractivity contribution in [2.45, 2.75) is 0 Å². The summed E-state index contributed by atoms with van der Waals surface area (Å²) in [6, 6.07) is 28.3. The smallest absolute Gasteiger partial charge is 0.204 e. The molecule has 3 aromatic carbocycles. The third-order valence-corrected chi connectivity index (χ3v) is 5.11. The van der Waals surface area contributed by atoms with Crippen molar-refractivity contribution in [3.63, 3.8) is 0 Å². The molecule has 0 atom stereocenters. The van der Waals surface area contributed by atoms with Crippen LogP contribution in [-0.4, -0.2) is 11.6 Å². The highest BCUT2D eigenvalue weighted by molar-refractivity contribution is 6.41. The van der Waals surface area contributed by atoms with Crippen molar-refractivity contribution in [1.82, 2.24) is 0 Å². The van der Waals surface area contributed by atoms with Gasteiger partial charge in [0.05, 0.1) is 11.8 Å². The quantitative estimate of drug-likeness (QED) is 0.306. The molecule has 0 unspecified atom stereocenters. The second-order valence-electron chi connectivity index (χ2n) is 6.98. The molecule has 4 nitrogen and oxygen atoms in total. The lowest BCUT2D eigenvalue weighted by Gasteiger charge is -2.22. The van der Waals surface area contributed by atoms with Crippen molar-refractivity contribution < 1.29 is 14.0 Å².